The van der Waals surface area contributed by atoms with Gasteiger partial charge in [0, 0.05) is 23.4 Å². The van der Waals surface area contributed by atoms with Crippen LogP contribution in [0.25, 0.3) is 0 Å². The van der Waals surface area contributed by atoms with Crippen LogP contribution in [0.15, 0.2) is 18.3 Å². The van der Waals surface area contributed by atoms with Gasteiger partial charge in [0.15, 0.2) is 0 Å². The summed E-state index contributed by atoms with van der Waals surface area (Å²) in [5.74, 6) is 7.11. The van der Waals surface area contributed by atoms with E-state index in [0.29, 0.717) is 24.1 Å². The van der Waals surface area contributed by atoms with E-state index < -0.39 is 0 Å². The first-order valence-corrected chi connectivity index (χ1v) is 6.79. The maximum absolute atomic E-state index is 11.9. The molecule has 1 aromatic rings. The second kappa shape index (κ2) is 3.90. The zero-order valence-corrected chi connectivity index (χ0v) is 11.6. The third kappa shape index (κ3) is 1.70. The second-order valence-corrected chi connectivity index (χ2v) is 6.36. The zero-order valence-electron chi connectivity index (χ0n) is 11.6. The van der Waals surface area contributed by atoms with Crippen molar-refractivity contribution in [3.63, 3.8) is 0 Å². The van der Waals surface area contributed by atoms with Crippen LogP contribution in [0.1, 0.15) is 37.7 Å². The predicted octanol–water partition coefficient (Wildman–Crippen LogP) is 2.86. The summed E-state index contributed by atoms with van der Waals surface area (Å²) in [5.41, 5.74) is 0.724. The van der Waals surface area contributed by atoms with Crippen molar-refractivity contribution in [2.45, 2.75) is 27.2 Å². The molecule has 2 aliphatic carbocycles. The van der Waals surface area contributed by atoms with Gasteiger partial charge in [0.1, 0.15) is 5.69 Å². The normalized spacial score (nSPS) is 33.8. The van der Waals surface area contributed by atoms with Crippen molar-refractivity contribution < 1.29 is 9.53 Å². The zero-order chi connectivity index (χ0) is 13.7. The Balaban J connectivity index is 1.71. The Morgan fingerprint density at radius 1 is 1.53 bits per heavy atom. The Morgan fingerprint density at radius 3 is 3.00 bits per heavy atom. The van der Waals surface area contributed by atoms with Crippen molar-refractivity contribution in [2.75, 3.05) is 6.61 Å². The number of esters is 1. The summed E-state index contributed by atoms with van der Waals surface area (Å²) in [7, 11) is 0. The predicted molar refractivity (Wildman–Crippen MR) is 72.3 cm³/mol. The lowest BCUT2D eigenvalue weighted by Crippen LogP contribution is -2.23. The molecule has 1 N–H and O–H groups in total. The fourth-order valence-electron chi connectivity index (χ4n) is 3.52. The highest BCUT2D eigenvalue weighted by molar-refractivity contribution is 5.87. The molecule has 3 rings (SSSR count). The standard InChI is InChI=1S/C16H19NO2/c1-11-6-7-13-15(2,3)16(13,9-11)10-19-14(18)12-5-4-8-17-12/h4-5,8,11,13,17H,9-10H2,1-3H3. The Hall–Kier alpha value is -1.69. The maximum atomic E-state index is 11.9. The molecule has 0 aromatic carbocycles. The van der Waals surface area contributed by atoms with Gasteiger partial charge in [0.2, 0.25) is 0 Å². The molecular weight excluding hydrogens is 238 g/mol. The molecule has 1 aromatic heterocycles. The molecule has 3 heteroatoms. The highest BCUT2D eigenvalue weighted by atomic mass is 16.5. The van der Waals surface area contributed by atoms with Gasteiger partial charge in [-0.2, -0.15) is 0 Å². The first-order valence-electron chi connectivity index (χ1n) is 6.79. The van der Waals surface area contributed by atoms with Gasteiger partial charge < -0.3 is 9.72 Å². The highest BCUT2D eigenvalue weighted by Crippen LogP contribution is 2.72. The fraction of sp³-hybridized carbons (Fsp3) is 0.562. The van der Waals surface area contributed by atoms with Crippen LogP contribution < -0.4 is 0 Å². The van der Waals surface area contributed by atoms with E-state index in [2.05, 4.69) is 37.6 Å². The van der Waals surface area contributed by atoms with Gasteiger partial charge >= 0.3 is 5.97 Å². The SMILES string of the molecule is CC1C#CC2C(C)(C)C2(COC(=O)c2ccc[nH]2)C1. The van der Waals surface area contributed by atoms with E-state index in [-0.39, 0.29) is 16.8 Å². The first-order chi connectivity index (χ1) is 8.97. The first kappa shape index (κ1) is 12.3. The summed E-state index contributed by atoms with van der Waals surface area (Å²) < 4.78 is 5.52. The van der Waals surface area contributed by atoms with Crippen LogP contribution in [0, 0.1) is 34.5 Å². The largest absolute Gasteiger partial charge is 0.460 e. The molecule has 3 unspecified atom stereocenters. The minimum Gasteiger partial charge on any atom is -0.460 e. The molecule has 0 aliphatic heterocycles. The third-order valence-corrected chi connectivity index (χ3v) is 4.90. The maximum Gasteiger partial charge on any atom is 0.354 e. The number of aromatic nitrogens is 1. The summed E-state index contributed by atoms with van der Waals surface area (Å²) in [6, 6.07) is 3.53. The number of aromatic amines is 1. The molecule has 0 spiro atoms. The minimum absolute atomic E-state index is 0.0555. The lowest BCUT2D eigenvalue weighted by Gasteiger charge is -2.23. The van der Waals surface area contributed by atoms with E-state index in [0.717, 1.165) is 6.42 Å². The number of nitrogens with one attached hydrogen (secondary N) is 1. The number of hydrogen-bond donors (Lipinski definition) is 1. The average Bonchev–Trinajstić information content (AvgIpc) is 2.77. The summed E-state index contributed by atoms with van der Waals surface area (Å²) in [6.45, 7) is 7.08. The Kier molecular flexibility index (Phi) is 2.53. The van der Waals surface area contributed by atoms with Crippen molar-refractivity contribution in [1.29, 1.82) is 0 Å². The van der Waals surface area contributed by atoms with Gasteiger partial charge in [-0.15, -0.1) is 0 Å². The van der Waals surface area contributed by atoms with Gasteiger partial charge in [-0.1, -0.05) is 32.6 Å². The molecule has 1 heterocycles. The molecule has 0 radical (unpaired) electrons. The number of carbonyl (C=O) groups is 1. The fourth-order valence-corrected chi connectivity index (χ4v) is 3.52. The molecule has 0 saturated heterocycles. The number of hydrogen-bond acceptors (Lipinski definition) is 2. The summed E-state index contributed by atoms with van der Waals surface area (Å²) in [5, 5.41) is 0. The highest BCUT2D eigenvalue weighted by Gasteiger charge is 2.71. The molecule has 1 saturated carbocycles. The Morgan fingerprint density at radius 2 is 2.32 bits per heavy atom. The monoisotopic (exact) mass is 257 g/mol. The number of rotatable bonds is 3. The van der Waals surface area contributed by atoms with Crippen LogP contribution in [0.5, 0.6) is 0 Å². The van der Waals surface area contributed by atoms with Crippen LogP contribution in [0.3, 0.4) is 0 Å². The Bertz CT molecular complexity index is 561. The second-order valence-electron chi connectivity index (χ2n) is 6.36. The van der Waals surface area contributed by atoms with Gasteiger partial charge in [-0.05, 0) is 24.0 Å². The van der Waals surface area contributed by atoms with Crippen molar-refractivity contribution >= 4 is 5.97 Å². The van der Waals surface area contributed by atoms with E-state index in [9.17, 15) is 4.79 Å². The van der Waals surface area contributed by atoms with Gasteiger partial charge in [-0.3, -0.25) is 0 Å². The van der Waals surface area contributed by atoms with Crippen molar-refractivity contribution in [3.05, 3.63) is 24.0 Å². The van der Waals surface area contributed by atoms with Gasteiger partial charge in [0.25, 0.3) is 0 Å². The lowest BCUT2D eigenvalue weighted by molar-refractivity contribution is 0.0347. The van der Waals surface area contributed by atoms with E-state index in [4.69, 9.17) is 4.74 Å². The summed E-state index contributed by atoms with van der Waals surface area (Å²) in [6.07, 6.45) is 2.75. The average molecular weight is 257 g/mol. The van der Waals surface area contributed by atoms with Gasteiger partial charge in [0.05, 0.1) is 6.61 Å². The van der Waals surface area contributed by atoms with Crippen molar-refractivity contribution in [2.24, 2.45) is 22.7 Å². The number of H-pyrrole nitrogens is 1. The quantitative estimate of drug-likeness (QED) is 0.668. The van der Waals surface area contributed by atoms with E-state index in [1.807, 2.05) is 0 Å². The number of ether oxygens (including phenoxy) is 1. The molecule has 100 valence electrons. The summed E-state index contributed by atoms with van der Waals surface area (Å²) >= 11 is 0. The number of fused-ring (bicyclic) bond motifs is 1. The number of carbonyl (C=O) groups excluding carboxylic acids is 1. The van der Waals surface area contributed by atoms with E-state index >= 15 is 0 Å². The van der Waals surface area contributed by atoms with Crippen LogP contribution in [-0.4, -0.2) is 17.6 Å². The molecule has 0 amide bonds. The van der Waals surface area contributed by atoms with Crippen LogP contribution in [0.2, 0.25) is 0 Å². The van der Waals surface area contributed by atoms with Crippen LogP contribution >= 0.6 is 0 Å². The summed E-state index contributed by atoms with van der Waals surface area (Å²) in [4.78, 5) is 14.8. The van der Waals surface area contributed by atoms with Crippen molar-refractivity contribution in [3.8, 4) is 11.8 Å². The molecule has 3 atom stereocenters. The van der Waals surface area contributed by atoms with Crippen LogP contribution in [0.4, 0.5) is 0 Å². The molecule has 1 fully saturated rings. The van der Waals surface area contributed by atoms with Gasteiger partial charge in [-0.25, -0.2) is 4.79 Å². The van der Waals surface area contributed by atoms with Crippen molar-refractivity contribution in [1.82, 2.24) is 4.98 Å². The third-order valence-electron chi connectivity index (χ3n) is 4.90. The Labute approximate surface area is 113 Å². The molecule has 0 bridgehead atoms. The van der Waals surface area contributed by atoms with E-state index in [1.165, 1.54) is 0 Å². The smallest absolute Gasteiger partial charge is 0.354 e. The molecule has 3 nitrogen and oxygen atoms in total. The minimum atomic E-state index is -0.271. The topological polar surface area (TPSA) is 42.1 Å². The molecular formula is C16H19NO2. The molecule has 2 aliphatic rings. The van der Waals surface area contributed by atoms with E-state index in [1.54, 1.807) is 18.3 Å². The molecule has 19 heavy (non-hydrogen) atoms. The van der Waals surface area contributed by atoms with Crippen LogP contribution in [-0.2, 0) is 4.74 Å². The lowest BCUT2D eigenvalue weighted by atomic mass is 9.85.